The molecule has 3 aromatic heterocycles. The van der Waals surface area contributed by atoms with Crippen molar-refractivity contribution in [1.82, 2.24) is 14.4 Å². The lowest BCUT2D eigenvalue weighted by molar-refractivity contribution is 0.00706. The van der Waals surface area contributed by atoms with Crippen LogP contribution < -0.4 is 10.9 Å². The Morgan fingerprint density at radius 2 is 1.86 bits per heavy atom. The minimum Gasteiger partial charge on any atom is -0.456 e. The monoisotopic (exact) mass is 470 g/mol. The SMILES string of the molecule is Cc1cc(C(C)Nc2ccccc2C(=O)OC(C)(C)C)c2nc(-c3cccnc3)c(C)c(=O)n2c1. The zero-order chi connectivity index (χ0) is 25.3. The first-order valence-corrected chi connectivity index (χ1v) is 11.6. The number of nitrogens with one attached hydrogen (secondary N) is 1. The third kappa shape index (κ3) is 5.09. The lowest BCUT2D eigenvalue weighted by atomic mass is 10.0. The maximum absolute atomic E-state index is 13.3. The van der Waals surface area contributed by atoms with E-state index >= 15 is 0 Å². The summed E-state index contributed by atoms with van der Waals surface area (Å²) in [6.07, 6.45) is 5.20. The predicted octanol–water partition coefficient (Wildman–Crippen LogP) is 5.50. The van der Waals surface area contributed by atoms with Gasteiger partial charge in [0.05, 0.1) is 17.3 Å². The second-order valence-corrected chi connectivity index (χ2v) is 9.71. The van der Waals surface area contributed by atoms with Crippen LogP contribution in [0.5, 0.6) is 0 Å². The van der Waals surface area contributed by atoms with Crippen LogP contribution in [0.25, 0.3) is 16.9 Å². The number of para-hydroxylation sites is 1. The smallest absolute Gasteiger partial charge is 0.340 e. The number of hydrogen-bond donors (Lipinski definition) is 1. The van der Waals surface area contributed by atoms with Gasteiger partial charge in [-0.15, -0.1) is 0 Å². The molecule has 1 atom stereocenters. The summed E-state index contributed by atoms with van der Waals surface area (Å²) in [6, 6.07) is 12.7. The van der Waals surface area contributed by atoms with Crippen LogP contribution in [0.15, 0.2) is 65.8 Å². The molecule has 4 rings (SSSR count). The molecule has 0 spiro atoms. The van der Waals surface area contributed by atoms with E-state index in [9.17, 15) is 9.59 Å². The van der Waals surface area contributed by atoms with Gasteiger partial charge >= 0.3 is 5.97 Å². The van der Waals surface area contributed by atoms with E-state index in [0.29, 0.717) is 28.2 Å². The van der Waals surface area contributed by atoms with Gasteiger partial charge < -0.3 is 10.1 Å². The number of carbonyl (C=O) groups excluding carboxylic acids is 1. The summed E-state index contributed by atoms with van der Waals surface area (Å²) >= 11 is 0. The van der Waals surface area contributed by atoms with Gasteiger partial charge in [-0.05, 0) is 77.4 Å². The quantitative estimate of drug-likeness (QED) is 0.388. The Kier molecular flexibility index (Phi) is 6.43. The third-order valence-corrected chi connectivity index (χ3v) is 5.63. The Hall–Kier alpha value is -4.00. The third-order valence-electron chi connectivity index (χ3n) is 5.63. The van der Waals surface area contributed by atoms with E-state index in [-0.39, 0.29) is 11.6 Å². The molecule has 0 radical (unpaired) electrons. The van der Waals surface area contributed by atoms with Crippen LogP contribution in [0.1, 0.15) is 60.8 Å². The summed E-state index contributed by atoms with van der Waals surface area (Å²) in [5.74, 6) is -0.397. The number of fused-ring (bicyclic) bond motifs is 1. The topological polar surface area (TPSA) is 85.6 Å². The molecular formula is C28H30N4O3. The Balaban J connectivity index is 1.81. The van der Waals surface area contributed by atoms with Crippen LogP contribution in [0.4, 0.5) is 5.69 Å². The summed E-state index contributed by atoms with van der Waals surface area (Å²) in [5, 5.41) is 3.44. The van der Waals surface area contributed by atoms with E-state index in [1.54, 1.807) is 42.0 Å². The molecule has 0 saturated heterocycles. The van der Waals surface area contributed by atoms with Gasteiger partial charge in [-0.2, -0.15) is 0 Å². The fourth-order valence-electron chi connectivity index (χ4n) is 4.03. The van der Waals surface area contributed by atoms with Gasteiger partial charge in [0.1, 0.15) is 11.2 Å². The van der Waals surface area contributed by atoms with Gasteiger partial charge in [-0.3, -0.25) is 14.2 Å². The molecule has 7 heteroatoms. The van der Waals surface area contributed by atoms with Crippen molar-refractivity contribution in [3.63, 3.8) is 0 Å². The van der Waals surface area contributed by atoms with Crippen LogP contribution in [-0.2, 0) is 4.74 Å². The zero-order valence-corrected chi connectivity index (χ0v) is 20.9. The average molecular weight is 471 g/mol. The molecule has 0 bridgehead atoms. The number of hydrogen-bond acceptors (Lipinski definition) is 6. The van der Waals surface area contributed by atoms with Crippen molar-refractivity contribution < 1.29 is 9.53 Å². The minimum absolute atomic E-state index is 0.125. The van der Waals surface area contributed by atoms with Gasteiger partial charge in [0, 0.05) is 41.0 Å². The second kappa shape index (κ2) is 9.33. The van der Waals surface area contributed by atoms with Gasteiger partial charge in [-0.1, -0.05) is 12.1 Å². The number of pyridine rings is 2. The Morgan fingerprint density at radius 1 is 1.11 bits per heavy atom. The van der Waals surface area contributed by atoms with E-state index in [1.807, 2.05) is 65.0 Å². The Bertz CT molecular complexity index is 1450. The number of benzene rings is 1. The van der Waals surface area contributed by atoms with E-state index in [4.69, 9.17) is 9.72 Å². The normalized spacial score (nSPS) is 12.4. The van der Waals surface area contributed by atoms with Crippen molar-refractivity contribution in [3.8, 4) is 11.3 Å². The summed E-state index contributed by atoms with van der Waals surface area (Å²) in [5.41, 5.74) is 4.64. The maximum atomic E-state index is 13.3. The number of nitrogens with zero attached hydrogens (tertiary/aromatic N) is 3. The molecule has 4 aromatic rings. The first-order valence-electron chi connectivity index (χ1n) is 11.6. The summed E-state index contributed by atoms with van der Waals surface area (Å²) in [7, 11) is 0. The number of anilines is 1. The highest BCUT2D eigenvalue weighted by atomic mass is 16.6. The molecule has 0 aliphatic heterocycles. The van der Waals surface area contributed by atoms with E-state index in [1.165, 1.54) is 0 Å². The number of aryl methyl sites for hydroxylation is 1. The first kappa shape index (κ1) is 24.1. The number of carbonyl (C=O) groups is 1. The fraction of sp³-hybridized carbons (Fsp3) is 0.286. The van der Waals surface area contributed by atoms with Crippen molar-refractivity contribution in [2.75, 3.05) is 5.32 Å². The summed E-state index contributed by atoms with van der Waals surface area (Å²) in [4.78, 5) is 35.2. The molecule has 0 aliphatic rings. The molecule has 0 amide bonds. The van der Waals surface area contributed by atoms with Gasteiger partial charge in [0.15, 0.2) is 0 Å². The minimum atomic E-state index is -0.603. The van der Waals surface area contributed by atoms with E-state index < -0.39 is 11.6 Å². The molecule has 180 valence electrons. The van der Waals surface area contributed by atoms with Gasteiger partial charge in [-0.25, -0.2) is 9.78 Å². The lowest BCUT2D eigenvalue weighted by Crippen LogP contribution is -2.25. The predicted molar refractivity (Wildman–Crippen MR) is 138 cm³/mol. The largest absolute Gasteiger partial charge is 0.456 e. The van der Waals surface area contributed by atoms with Crippen LogP contribution in [0, 0.1) is 13.8 Å². The molecule has 35 heavy (non-hydrogen) atoms. The molecule has 0 saturated carbocycles. The highest BCUT2D eigenvalue weighted by molar-refractivity contribution is 5.96. The average Bonchev–Trinajstić information content (AvgIpc) is 2.81. The number of ether oxygens (including phenoxy) is 1. The van der Waals surface area contributed by atoms with Crippen molar-refractivity contribution in [1.29, 1.82) is 0 Å². The summed E-state index contributed by atoms with van der Waals surface area (Å²) in [6.45, 7) is 11.2. The van der Waals surface area contributed by atoms with Crippen LogP contribution in [-0.4, -0.2) is 25.9 Å². The highest BCUT2D eigenvalue weighted by Crippen LogP contribution is 2.28. The lowest BCUT2D eigenvalue weighted by Gasteiger charge is -2.23. The van der Waals surface area contributed by atoms with Crippen molar-refractivity contribution >= 4 is 17.3 Å². The molecule has 3 heterocycles. The van der Waals surface area contributed by atoms with Crippen LogP contribution in [0.3, 0.4) is 0 Å². The molecule has 0 aliphatic carbocycles. The second-order valence-electron chi connectivity index (χ2n) is 9.71. The molecular weight excluding hydrogens is 440 g/mol. The molecule has 0 fully saturated rings. The summed E-state index contributed by atoms with van der Waals surface area (Å²) < 4.78 is 7.19. The number of esters is 1. The Morgan fingerprint density at radius 3 is 2.54 bits per heavy atom. The zero-order valence-electron chi connectivity index (χ0n) is 20.9. The van der Waals surface area contributed by atoms with Crippen molar-refractivity contribution in [2.24, 2.45) is 0 Å². The first-order chi connectivity index (χ1) is 16.5. The Labute approximate surface area is 204 Å². The number of aromatic nitrogens is 3. The molecule has 1 aromatic carbocycles. The maximum Gasteiger partial charge on any atom is 0.340 e. The van der Waals surface area contributed by atoms with Crippen molar-refractivity contribution in [2.45, 2.75) is 53.2 Å². The standard InChI is InChI=1S/C28H30N4O3/c1-17-14-22(19(3)30-23-12-8-7-11-21(23)27(34)35-28(4,5)6)25-31-24(20-10-9-13-29-15-20)18(2)26(33)32(25)16-17/h7-16,19,30H,1-6H3. The van der Waals surface area contributed by atoms with Crippen LogP contribution >= 0.6 is 0 Å². The molecule has 1 unspecified atom stereocenters. The van der Waals surface area contributed by atoms with Crippen LogP contribution in [0.2, 0.25) is 0 Å². The van der Waals surface area contributed by atoms with E-state index in [2.05, 4.69) is 10.3 Å². The number of rotatable bonds is 5. The molecule has 7 nitrogen and oxygen atoms in total. The van der Waals surface area contributed by atoms with Gasteiger partial charge in [0.2, 0.25) is 0 Å². The highest BCUT2D eigenvalue weighted by Gasteiger charge is 2.22. The molecule has 1 N–H and O–H groups in total. The van der Waals surface area contributed by atoms with E-state index in [0.717, 1.165) is 16.7 Å². The van der Waals surface area contributed by atoms with Crippen molar-refractivity contribution in [3.05, 3.63) is 93.7 Å². The fourth-order valence-corrected chi connectivity index (χ4v) is 4.03. The van der Waals surface area contributed by atoms with Gasteiger partial charge in [0.25, 0.3) is 5.56 Å².